The SMILES string of the molecule is COc1ccc(C=C2OC(=O)C/C2=C/c2ccc(OC)c(OC)c2)cc1OC. The van der Waals surface area contributed by atoms with Crippen molar-refractivity contribution in [3.8, 4) is 23.0 Å². The predicted molar refractivity (Wildman–Crippen MR) is 106 cm³/mol. The van der Waals surface area contributed by atoms with Crippen LogP contribution < -0.4 is 18.9 Å². The lowest BCUT2D eigenvalue weighted by molar-refractivity contribution is -0.135. The number of carbonyl (C=O) groups is 1. The molecule has 1 aliphatic heterocycles. The van der Waals surface area contributed by atoms with Crippen molar-refractivity contribution in [2.24, 2.45) is 0 Å². The maximum absolute atomic E-state index is 11.9. The molecule has 6 nitrogen and oxygen atoms in total. The van der Waals surface area contributed by atoms with Gasteiger partial charge in [-0.2, -0.15) is 0 Å². The molecule has 2 aromatic rings. The lowest BCUT2D eigenvalue weighted by Crippen LogP contribution is -1.92. The topological polar surface area (TPSA) is 63.2 Å². The number of benzene rings is 2. The van der Waals surface area contributed by atoms with E-state index in [9.17, 15) is 4.79 Å². The Bertz CT molecular complexity index is 867. The number of esters is 1. The van der Waals surface area contributed by atoms with E-state index in [-0.39, 0.29) is 12.4 Å². The molecule has 0 N–H and O–H groups in total. The Balaban J connectivity index is 1.96. The van der Waals surface area contributed by atoms with Gasteiger partial charge in [-0.1, -0.05) is 12.1 Å². The van der Waals surface area contributed by atoms with Gasteiger partial charge in [-0.3, -0.25) is 4.79 Å². The van der Waals surface area contributed by atoms with E-state index >= 15 is 0 Å². The van der Waals surface area contributed by atoms with Gasteiger partial charge < -0.3 is 23.7 Å². The Hall–Kier alpha value is -3.41. The third kappa shape index (κ3) is 4.11. The average Bonchev–Trinajstić information content (AvgIpc) is 3.06. The second kappa shape index (κ2) is 8.52. The monoisotopic (exact) mass is 382 g/mol. The van der Waals surface area contributed by atoms with Crippen molar-refractivity contribution >= 4 is 18.1 Å². The second-order valence-electron chi connectivity index (χ2n) is 6.06. The lowest BCUT2D eigenvalue weighted by atomic mass is 10.1. The molecule has 1 saturated heterocycles. The molecule has 0 spiro atoms. The number of hydrogen-bond donors (Lipinski definition) is 0. The Morgan fingerprint density at radius 1 is 0.750 bits per heavy atom. The summed E-state index contributed by atoms with van der Waals surface area (Å²) in [4.78, 5) is 11.9. The van der Waals surface area contributed by atoms with Gasteiger partial charge in [0.2, 0.25) is 0 Å². The van der Waals surface area contributed by atoms with E-state index in [1.165, 1.54) is 0 Å². The van der Waals surface area contributed by atoms with Crippen molar-refractivity contribution in [3.05, 3.63) is 58.9 Å². The lowest BCUT2D eigenvalue weighted by Gasteiger charge is -2.09. The highest BCUT2D eigenvalue weighted by atomic mass is 16.5. The first kappa shape index (κ1) is 19.4. The summed E-state index contributed by atoms with van der Waals surface area (Å²) < 4.78 is 26.6. The standard InChI is InChI=1S/C22H22O6/c1-24-17-7-5-14(11-20(17)26-3)9-16-13-22(23)28-19(16)10-15-6-8-18(25-2)21(12-15)27-4/h5-12H,13H2,1-4H3/b16-9-,19-10?. The summed E-state index contributed by atoms with van der Waals surface area (Å²) >= 11 is 0. The van der Waals surface area contributed by atoms with Crippen LogP contribution in [0.1, 0.15) is 17.5 Å². The van der Waals surface area contributed by atoms with E-state index in [2.05, 4.69) is 0 Å². The van der Waals surface area contributed by atoms with Gasteiger partial charge in [0.1, 0.15) is 5.76 Å². The van der Waals surface area contributed by atoms with Gasteiger partial charge in [0.05, 0.1) is 34.9 Å². The summed E-state index contributed by atoms with van der Waals surface area (Å²) in [5.41, 5.74) is 2.50. The van der Waals surface area contributed by atoms with Crippen LogP contribution in [-0.2, 0) is 9.53 Å². The third-order valence-electron chi connectivity index (χ3n) is 4.33. The summed E-state index contributed by atoms with van der Waals surface area (Å²) in [5, 5.41) is 0. The number of rotatable bonds is 6. The molecule has 2 aromatic carbocycles. The van der Waals surface area contributed by atoms with Crippen molar-refractivity contribution in [3.63, 3.8) is 0 Å². The molecular formula is C22H22O6. The van der Waals surface area contributed by atoms with Crippen molar-refractivity contribution in [2.75, 3.05) is 28.4 Å². The number of carbonyl (C=O) groups excluding carboxylic acids is 1. The minimum absolute atomic E-state index is 0.202. The first-order valence-electron chi connectivity index (χ1n) is 8.65. The van der Waals surface area contributed by atoms with Crippen LogP contribution in [0.3, 0.4) is 0 Å². The van der Waals surface area contributed by atoms with E-state index in [4.69, 9.17) is 23.7 Å². The zero-order valence-corrected chi connectivity index (χ0v) is 16.3. The Labute approximate surface area is 163 Å². The highest BCUT2D eigenvalue weighted by Crippen LogP contribution is 2.34. The highest BCUT2D eigenvalue weighted by Gasteiger charge is 2.23. The quantitative estimate of drug-likeness (QED) is 0.701. The van der Waals surface area contributed by atoms with E-state index < -0.39 is 0 Å². The summed E-state index contributed by atoms with van der Waals surface area (Å²) in [6.07, 6.45) is 3.91. The molecule has 0 bridgehead atoms. The number of methoxy groups -OCH3 is 4. The second-order valence-corrected chi connectivity index (χ2v) is 6.06. The smallest absolute Gasteiger partial charge is 0.315 e. The maximum atomic E-state index is 11.9. The van der Waals surface area contributed by atoms with Crippen molar-refractivity contribution < 1.29 is 28.5 Å². The molecule has 1 aliphatic rings. The van der Waals surface area contributed by atoms with Crippen LogP contribution >= 0.6 is 0 Å². The molecule has 0 aromatic heterocycles. The van der Waals surface area contributed by atoms with E-state index in [1.807, 2.05) is 36.4 Å². The molecule has 6 heteroatoms. The average molecular weight is 382 g/mol. The van der Waals surface area contributed by atoms with E-state index in [0.717, 1.165) is 16.7 Å². The van der Waals surface area contributed by atoms with Gasteiger partial charge in [0, 0.05) is 5.57 Å². The molecule has 0 saturated carbocycles. The fourth-order valence-corrected chi connectivity index (χ4v) is 2.95. The molecule has 3 rings (SSSR count). The third-order valence-corrected chi connectivity index (χ3v) is 4.33. The predicted octanol–water partition coefficient (Wildman–Crippen LogP) is 4.09. The summed E-state index contributed by atoms with van der Waals surface area (Å²) in [6.45, 7) is 0. The number of cyclic esters (lactones) is 1. The Kier molecular flexibility index (Phi) is 5.89. The van der Waals surface area contributed by atoms with Crippen LogP contribution in [0.25, 0.3) is 12.2 Å². The molecule has 0 amide bonds. The minimum atomic E-state index is -0.293. The van der Waals surface area contributed by atoms with Gasteiger partial charge in [-0.25, -0.2) is 0 Å². The van der Waals surface area contributed by atoms with Crippen LogP contribution in [0.2, 0.25) is 0 Å². The van der Waals surface area contributed by atoms with Gasteiger partial charge in [0.15, 0.2) is 23.0 Å². The van der Waals surface area contributed by atoms with Crippen molar-refractivity contribution in [1.29, 1.82) is 0 Å². The minimum Gasteiger partial charge on any atom is -0.493 e. The fraction of sp³-hybridized carbons (Fsp3) is 0.227. The van der Waals surface area contributed by atoms with Crippen LogP contribution in [0.15, 0.2) is 47.7 Å². The van der Waals surface area contributed by atoms with Crippen molar-refractivity contribution in [2.45, 2.75) is 6.42 Å². The number of allylic oxidation sites excluding steroid dienone is 1. The highest BCUT2D eigenvalue weighted by molar-refractivity contribution is 5.85. The summed E-state index contributed by atoms with van der Waals surface area (Å²) in [7, 11) is 6.33. The van der Waals surface area contributed by atoms with Crippen LogP contribution in [0.5, 0.6) is 23.0 Å². The largest absolute Gasteiger partial charge is 0.493 e. The fourth-order valence-electron chi connectivity index (χ4n) is 2.95. The first-order valence-corrected chi connectivity index (χ1v) is 8.65. The Morgan fingerprint density at radius 3 is 1.75 bits per heavy atom. The van der Waals surface area contributed by atoms with Crippen LogP contribution in [0, 0.1) is 0 Å². The zero-order chi connectivity index (χ0) is 20.1. The molecular weight excluding hydrogens is 360 g/mol. The summed E-state index contributed by atoms with van der Waals surface area (Å²) in [6, 6.07) is 11.1. The van der Waals surface area contributed by atoms with E-state index in [0.29, 0.717) is 28.8 Å². The normalized spacial score (nSPS) is 16.2. The molecule has 0 unspecified atom stereocenters. The van der Waals surface area contributed by atoms with Crippen LogP contribution in [-0.4, -0.2) is 34.4 Å². The molecule has 146 valence electrons. The molecule has 0 atom stereocenters. The molecule has 0 radical (unpaired) electrons. The van der Waals surface area contributed by atoms with Gasteiger partial charge in [0.25, 0.3) is 0 Å². The molecule has 0 aliphatic carbocycles. The van der Waals surface area contributed by atoms with Gasteiger partial charge in [-0.15, -0.1) is 0 Å². The Morgan fingerprint density at radius 2 is 1.25 bits per heavy atom. The van der Waals surface area contributed by atoms with Crippen LogP contribution in [0.4, 0.5) is 0 Å². The maximum Gasteiger partial charge on any atom is 0.315 e. The molecule has 1 heterocycles. The van der Waals surface area contributed by atoms with Gasteiger partial charge >= 0.3 is 5.97 Å². The van der Waals surface area contributed by atoms with Crippen molar-refractivity contribution in [1.82, 2.24) is 0 Å². The zero-order valence-electron chi connectivity index (χ0n) is 16.3. The number of ether oxygens (including phenoxy) is 5. The molecule has 1 fully saturated rings. The van der Waals surface area contributed by atoms with E-state index in [1.54, 1.807) is 40.6 Å². The summed E-state index contributed by atoms with van der Waals surface area (Å²) in [5.74, 6) is 2.71. The molecule has 28 heavy (non-hydrogen) atoms. The first-order chi connectivity index (χ1) is 13.6. The number of hydrogen-bond acceptors (Lipinski definition) is 6. The van der Waals surface area contributed by atoms with Gasteiger partial charge in [-0.05, 0) is 47.5 Å².